The maximum Gasteiger partial charge on any atom is 0.220 e. The lowest BCUT2D eigenvalue weighted by Gasteiger charge is -2.09. The summed E-state index contributed by atoms with van der Waals surface area (Å²) in [6, 6.07) is 9.95. The first-order chi connectivity index (χ1) is 9.74. The number of nitrogens with two attached hydrogens (primary N) is 1. The van der Waals surface area contributed by atoms with Crippen molar-refractivity contribution in [2.24, 2.45) is 0 Å². The van der Waals surface area contributed by atoms with E-state index in [0.717, 1.165) is 11.1 Å². The number of hydrogen-bond acceptors (Lipinski definition) is 4. The lowest BCUT2D eigenvalue weighted by molar-refractivity contribution is 0.628. The van der Waals surface area contributed by atoms with Crippen LogP contribution in [-0.2, 0) is 0 Å². The Morgan fingerprint density at radius 2 is 1.80 bits per heavy atom. The Kier molecular flexibility index (Phi) is 3.09. The SMILES string of the molecule is Nc1ncc(-c2cccc(F)c2)c(-c2ccncc2)n1. The standard InChI is InChI=1S/C15H11FN4/c16-12-3-1-2-11(8-12)13-9-19-15(17)20-14(13)10-4-6-18-7-5-10/h1-9H,(H2,17,19,20). The van der Waals surface area contributed by atoms with Crippen molar-refractivity contribution in [1.82, 2.24) is 15.0 Å². The van der Waals surface area contributed by atoms with Crippen LogP contribution in [0.2, 0.25) is 0 Å². The average molecular weight is 266 g/mol. The van der Waals surface area contributed by atoms with Crippen molar-refractivity contribution in [3.63, 3.8) is 0 Å². The van der Waals surface area contributed by atoms with Gasteiger partial charge in [0.2, 0.25) is 5.95 Å². The number of nitrogens with zero attached hydrogens (tertiary/aromatic N) is 3. The van der Waals surface area contributed by atoms with Crippen LogP contribution in [0.4, 0.5) is 10.3 Å². The Morgan fingerprint density at radius 1 is 1.00 bits per heavy atom. The molecule has 98 valence electrons. The highest BCUT2D eigenvalue weighted by Crippen LogP contribution is 2.30. The summed E-state index contributed by atoms with van der Waals surface area (Å²) in [5.74, 6) is -0.128. The molecule has 0 amide bonds. The molecule has 2 heterocycles. The van der Waals surface area contributed by atoms with Crippen molar-refractivity contribution in [3.8, 4) is 22.4 Å². The molecule has 3 rings (SSSR count). The molecule has 0 bridgehead atoms. The predicted molar refractivity (Wildman–Crippen MR) is 75.1 cm³/mol. The quantitative estimate of drug-likeness (QED) is 0.774. The van der Waals surface area contributed by atoms with Gasteiger partial charge in [-0.2, -0.15) is 0 Å². The molecule has 3 aromatic rings. The molecule has 0 aliphatic carbocycles. The van der Waals surface area contributed by atoms with Gasteiger partial charge in [0, 0.05) is 29.7 Å². The van der Waals surface area contributed by atoms with Crippen LogP contribution in [-0.4, -0.2) is 15.0 Å². The molecule has 0 saturated heterocycles. The van der Waals surface area contributed by atoms with E-state index in [1.165, 1.54) is 12.1 Å². The van der Waals surface area contributed by atoms with E-state index in [9.17, 15) is 4.39 Å². The van der Waals surface area contributed by atoms with E-state index in [4.69, 9.17) is 5.73 Å². The maximum atomic E-state index is 13.4. The van der Waals surface area contributed by atoms with Crippen LogP contribution in [0.15, 0.2) is 55.0 Å². The minimum atomic E-state index is -0.306. The second-order valence-corrected chi connectivity index (χ2v) is 4.24. The molecular weight excluding hydrogens is 255 g/mol. The number of rotatable bonds is 2. The molecule has 0 radical (unpaired) electrons. The van der Waals surface area contributed by atoms with Crippen LogP contribution in [0, 0.1) is 5.82 Å². The Labute approximate surface area is 115 Å². The minimum absolute atomic E-state index is 0.178. The van der Waals surface area contributed by atoms with E-state index >= 15 is 0 Å². The van der Waals surface area contributed by atoms with Crippen molar-refractivity contribution in [3.05, 3.63) is 60.8 Å². The first-order valence-corrected chi connectivity index (χ1v) is 6.03. The summed E-state index contributed by atoms with van der Waals surface area (Å²) >= 11 is 0. The van der Waals surface area contributed by atoms with Gasteiger partial charge in [-0.3, -0.25) is 4.98 Å². The Balaban J connectivity index is 2.22. The zero-order valence-electron chi connectivity index (χ0n) is 10.5. The van der Waals surface area contributed by atoms with E-state index in [1.54, 1.807) is 24.7 Å². The van der Waals surface area contributed by atoms with Gasteiger partial charge in [0.15, 0.2) is 0 Å². The Bertz CT molecular complexity index is 744. The lowest BCUT2D eigenvalue weighted by Crippen LogP contribution is -1.98. The molecule has 2 N–H and O–H groups in total. The van der Waals surface area contributed by atoms with Crippen LogP contribution in [0.1, 0.15) is 0 Å². The van der Waals surface area contributed by atoms with Gasteiger partial charge in [-0.25, -0.2) is 14.4 Å². The third-order valence-corrected chi connectivity index (χ3v) is 2.90. The average Bonchev–Trinajstić information content (AvgIpc) is 2.48. The third-order valence-electron chi connectivity index (χ3n) is 2.90. The highest BCUT2D eigenvalue weighted by molar-refractivity contribution is 5.80. The fourth-order valence-electron chi connectivity index (χ4n) is 1.99. The molecule has 0 spiro atoms. The second-order valence-electron chi connectivity index (χ2n) is 4.24. The molecule has 1 aromatic carbocycles. The topological polar surface area (TPSA) is 64.7 Å². The molecule has 0 atom stereocenters. The van der Waals surface area contributed by atoms with Crippen molar-refractivity contribution in [2.75, 3.05) is 5.73 Å². The summed E-state index contributed by atoms with van der Waals surface area (Å²) in [7, 11) is 0. The predicted octanol–water partition coefficient (Wildman–Crippen LogP) is 2.93. The summed E-state index contributed by atoms with van der Waals surface area (Å²) in [5, 5.41) is 0. The highest BCUT2D eigenvalue weighted by atomic mass is 19.1. The number of benzene rings is 1. The fraction of sp³-hybridized carbons (Fsp3) is 0. The monoisotopic (exact) mass is 266 g/mol. The summed E-state index contributed by atoms with van der Waals surface area (Å²) in [4.78, 5) is 12.2. The maximum absolute atomic E-state index is 13.4. The van der Waals surface area contributed by atoms with Gasteiger partial charge < -0.3 is 5.73 Å². The number of aromatic nitrogens is 3. The fourth-order valence-corrected chi connectivity index (χ4v) is 1.99. The van der Waals surface area contributed by atoms with E-state index in [0.29, 0.717) is 11.3 Å². The molecule has 0 unspecified atom stereocenters. The summed E-state index contributed by atoms with van der Waals surface area (Å²) in [6.45, 7) is 0. The van der Waals surface area contributed by atoms with Crippen LogP contribution < -0.4 is 5.73 Å². The van der Waals surface area contributed by atoms with Gasteiger partial charge in [0.25, 0.3) is 0 Å². The van der Waals surface area contributed by atoms with E-state index in [-0.39, 0.29) is 11.8 Å². The number of pyridine rings is 1. The van der Waals surface area contributed by atoms with Crippen molar-refractivity contribution < 1.29 is 4.39 Å². The third kappa shape index (κ3) is 2.33. The minimum Gasteiger partial charge on any atom is -0.368 e. The van der Waals surface area contributed by atoms with E-state index in [2.05, 4.69) is 15.0 Å². The highest BCUT2D eigenvalue weighted by Gasteiger charge is 2.11. The van der Waals surface area contributed by atoms with Gasteiger partial charge in [0.1, 0.15) is 5.82 Å². The lowest BCUT2D eigenvalue weighted by atomic mass is 10.0. The van der Waals surface area contributed by atoms with Crippen molar-refractivity contribution in [1.29, 1.82) is 0 Å². The molecular formula is C15H11FN4. The van der Waals surface area contributed by atoms with Crippen LogP contribution in [0.5, 0.6) is 0 Å². The molecule has 5 heteroatoms. The zero-order valence-corrected chi connectivity index (χ0v) is 10.5. The van der Waals surface area contributed by atoms with Crippen molar-refractivity contribution >= 4 is 5.95 Å². The molecule has 20 heavy (non-hydrogen) atoms. The number of halogens is 1. The molecule has 2 aromatic heterocycles. The van der Waals surface area contributed by atoms with Gasteiger partial charge in [-0.15, -0.1) is 0 Å². The molecule has 0 aliphatic heterocycles. The summed E-state index contributed by atoms with van der Waals surface area (Å²) in [6.07, 6.45) is 4.94. The number of nitrogen functional groups attached to an aromatic ring is 1. The number of anilines is 1. The van der Waals surface area contributed by atoms with Crippen LogP contribution in [0.25, 0.3) is 22.4 Å². The first-order valence-electron chi connectivity index (χ1n) is 6.03. The Hall–Kier alpha value is -2.82. The van der Waals surface area contributed by atoms with E-state index in [1.807, 2.05) is 18.2 Å². The van der Waals surface area contributed by atoms with Gasteiger partial charge in [0.05, 0.1) is 5.69 Å². The normalized spacial score (nSPS) is 10.4. The van der Waals surface area contributed by atoms with Crippen molar-refractivity contribution in [2.45, 2.75) is 0 Å². The van der Waals surface area contributed by atoms with Gasteiger partial charge >= 0.3 is 0 Å². The molecule has 0 fully saturated rings. The summed E-state index contributed by atoms with van der Waals surface area (Å²) in [5.41, 5.74) is 8.61. The van der Waals surface area contributed by atoms with Crippen LogP contribution >= 0.6 is 0 Å². The zero-order chi connectivity index (χ0) is 13.9. The van der Waals surface area contributed by atoms with E-state index < -0.39 is 0 Å². The first kappa shape index (κ1) is 12.2. The smallest absolute Gasteiger partial charge is 0.220 e. The molecule has 0 saturated carbocycles. The largest absolute Gasteiger partial charge is 0.368 e. The molecule has 0 aliphatic rings. The summed E-state index contributed by atoms with van der Waals surface area (Å²) < 4.78 is 13.4. The second kappa shape index (κ2) is 5.05. The van der Waals surface area contributed by atoms with Gasteiger partial charge in [-0.1, -0.05) is 12.1 Å². The Morgan fingerprint density at radius 3 is 2.55 bits per heavy atom. The number of hydrogen-bond donors (Lipinski definition) is 1. The van der Waals surface area contributed by atoms with Crippen LogP contribution in [0.3, 0.4) is 0 Å². The van der Waals surface area contributed by atoms with Gasteiger partial charge in [-0.05, 0) is 29.8 Å². The molecule has 4 nitrogen and oxygen atoms in total.